The molecule has 0 radical (unpaired) electrons. The Morgan fingerprint density at radius 1 is 0.971 bits per heavy atom. The second-order valence-corrected chi connectivity index (χ2v) is 8.08. The van der Waals surface area contributed by atoms with Gasteiger partial charge in [0, 0.05) is 27.2 Å². The van der Waals surface area contributed by atoms with Gasteiger partial charge in [-0.05, 0) is 30.2 Å². The van der Waals surface area contributed by atoms with Gasteiger partial charge < -0.3 is 14.2 Å². The van der Waals surface area contributed by atoms with E-state index in [1.54, 1.807) is 11.9 Å². The third-order valence-corrected chi connectivity index (χ3v) is 5.80. The topological polar surface area (TPSA) is 91.4 Å². The summed E-state index contributed by atoms with van der Waals surface area (Å²) in [6.07, 6.45) is 1.43. The van der Waals surface area contributed by atoms with E-state index in [1.807, 2.05) is 61.5 Å². The van der Waals surface area contributed by atoms with Crippen LogP contribution in [0.2, 0.25) is 0 Å². The van der Waals surface area contributed by atoms with Crippen LogP contribution in [0, 0.1) is 0 Å². The van der Waals surface area contributed by atoms with Gasteiger partial charge in [0.25, 0.3) is 5.56 Å². The number of benzene rings is 2. The van der Waals surface area contributed by atoms with Crippen molar-refractivity contribution in [2.24, 2.45) is 14.1 Å². The summed E-state index contributed by atoms with van der Waals surface area (Å²) in [6.45, 7) is 3.29. The molecule has 0 N–H and O–H groups in total. The van der Waals surface area contributed by atoms with E-state index in [0.717, 1.165) is 21.4 Å². The highest BCUT2D eigenvalue weighted by molar-refractivity contribution is 5.79. The molecular formula is C25H27N5O4. The fraction of sp³-hybridized carbons (Fsp3) is 0.280. The van der Waals surface area contributed by atoms with E-state index < -0.39 is 11.2 Å². The number of carbonyl (C=O) groups is 1. The number of aryl methyl sites for hydroxylation is 1. The maximum Gasteiger partial charge on any atom is 0.332 e. The van der Waals surface area contributed by atoms with Crippen LogP contribution in [0.1, 0.15) is 18.1 Å². The Bertz CT molecular complexity index is 1420. The van der Waals surface area contributed by atoms with E-state index >= 15 is 0 Å². The lowest BCUT2D eigenvalue weighted by Crippen LogP contribution is -2.38. The Balaban J connectivity index is 1.44. The fourth-order valence-electron chi connectivity index (χ4n) is 3.79. The summed E-state index contributed by atoms with van der Waals surface area (Å²) < 4.78 is 9.65. The zero-order valence-corrected chi connectivity index (χ0v) is 19.5. The van der Waals surface area contributed by atoms with Crippen molar-refractivity contribution in [1.82, 2.24) is 23.6 Å². The molecule has 0 saturated carbocycles. The summed E-state index contributed by atoms with van der Waals surface area (Å²) in [7, 11) is 2.96. The number of amides is 1. The van der Waals surface area contributed by atoms with Crippen molar-refractivity contribution < 1.29 is 9.53 Å². The Labute approximate surface area is 196 Å². The second-order valence-electron chi connectivity index (χ2n) is 8.08. The SMILES string of the molecule is CCN(Cc1ccc(OCc2ccccc2)cc1)C(=O)Cn1cnc2c1c(=O)n(C)c(=O)n2C. The number of likely N-dealkylation sites (N-methyl/N-ethyl adjacent to an activating group) is 1. The van der Waals surface area contributed by atoms with Crippen LogP contribution in [0.25, 0.3) is 11.2 Å². The molecule has 0 aliphatic heterocycles. The molecule has 0 aliphatic rings. The number of nitrogens with zero attached hydrogens (tertiary/aromatic N) is 5. The highest BCUT2D eigenvalue weighted by Gasteiger charge is 2.18. The van der Waals surface area contributed by atoms with E-state index in [4.69, 9.17) is 4.74 Å². The molecule has 34 heavy (non-hydrogen) atoms. The molecule has 0 saturated heterocycles. The molecule has 0 fully saturated rings. The first-order valence-corrected chi connectivity index (χ1v) is 11.0. The van der Waals surface area contributed by atoms with Gasteiger partial charge in [-0.15, -0.1) is 0 Å². The smallest absolute Gasteiger partial charge is 0.332 e. The zero-order valence-electron chi connectivity index (χ0n) is 19.5. The zero-order chi connectivity index (χ0) is 24.2. The second kappa shape index (κ2) is 9.78. The Morgan fingerprint density at radius 3 is 2.35 bits per heavy atom. The Hall–Kier alpha value is -4.14. The van der Waals surface area contributed by atoms with Crippen LogP contribution in [-0.2, 0) is 38.6 Å². The van der Waals surface area contributed by atoms with E-state index in [9.17, 15) is 14.4 Å². The summed E-state index contributed by atoms with van der Waals surface area (Å²) in [5.41, 5.74) is 1.62. The Kier molecular flexibility index (Phi) is 6.62. The van der Waals surface area contributed by atoms with Gasteiger partial charge in [-0.25, -0.2) is 9.78 Å². The Morgan fingerprint density at radius 2 is 1.68 bits per heavy atom. The van der Waals surface area contributed by atoms with Crippen molar-refractivity contribution >= 4 is 17.1 Å². The third-order valence-electron chi connectivity index (χ3n) is 5.80. The lowest BCUT2D eigenvalue weighted by molar-refractivity contribution is -0.132. The molecule has 0 spiro atoms. The molecule has 0 bridgehead atoms. The largest absolute Gasteiger partial charge is 0.489 e. The monoisotopic (exact) mass is 461 g/mol. The normalized spacial score (nSPS) is 11.0. The highest BCUT2D eigenvalue weighted by Crippen LogP contribution is 2.16. The van der Waals surface area contributed by atoms with Gasteiger partial charge in [0.15, 0.2) is 11.2 Å². The number of fused-ring (bicyclic) bond motifs is 1. The number of hydrogen-bond donors (Lipinski definition) is 0. The average Bonchev–Trinajstić information content (AvgIpc) is 3.28. The van der Waals surface area contributed by atoms with Gasteiger partial charge in [-0.3, -0.25) is 18.7 Å². The van der Waals surface area contributed by atoms with Crippen LogP contribution in [0.4, 0.5) is 0 Å². The average molecular weight is 462 g/mol. The third kappa shape index (κ3) is 4.63. The van der Waals surface area contributed by atoms with Crippen LogP contribution in [-0.4, -0.2) is 36.0 Å². The van der Waals surface area contributed by atoms with Crippen molar-refractivity contribution in [3.63, 3.8) is 0 Å². The molecule has 4 aromatic rings. The van der Waals surface area contributed by atoms with Crippen molar-refractivity contribution in [1.29, 1.82) is 0 Å². The molecule has 2 heterocycles. The van der Waals surface area contributed by atoms with E-state index in [0.29, 0.717) is 19.7 Å². The molecular weight excluding hydrogens is 434 g/mol. The number of aromatic nitrogens is 4. The molecule has 9 heteroatoms. The predicted molar refractivity (Wildman–Crippen MR) is 129 cm³/mol. The number of rotatable bonds is 8. The van der Waals surface area contributed by atoms with Crippen molar-refractivity contribution in [2.75, 3.05) is 6.54 Å². The number of hydrogen-bond acceptors (Lipinski definition) is 5. The van der Waals surface area contributed by atoms with Gasteiger partial charge in [0.05, 0.1) is 6.33 Å². The standard InChI is InChI=1S/C25H27N5O4/c1-4-29(14-18-10-12-20(13-11-18)34-16-19-8-6-5-7-9-19)21(31)15-30-17-26-23-22(30)24(32)28(3)25(33)27(23)2/h5-13,17H,4,14-16H2,1-3H3. The molecule has 1 amide bonds. The molecule has 0 aliphatic carbocycles. The molecule has 176 valence electrons. The van der Waals surface area contributed by atoms with Crippen molar-refractivity contribution in [3.05, 3.63) is 92.9 Å². The van der Waals surface area contributed by atoms with Crippen LogP contribution in [0.3, 0.4) is 0 Å². The minimum atomic E-state index is -0.475. The van der Waals surface area contributed by atoms with E-state index in [-0.39, 0.29) is 23.6 Å². The van der Waals surface area contributed by atoms with Crippen molar-refractivity contribution in [3.8, 4) is 5.75 Å². The lowest BCUT2D eigenvalue weighted by atomic mass is 10.2. The molecule has 0 atom stereocenters. The minimum absolute atomic E-state index is 0.0456. The van der Waals surface area contributed by atoms with Gasteiger partial charge in [-0.1, -0.05) is 42.5 Å². The lowest BCUT2D eigenvalue weighted by Gasteiger charge is -2.21. The van der Waals surface area contributed by atoms with Crippen LogP contribution in [0.15, 0.2) is 70.5 Å². The summed E-state index contributed by atoms with van der Waals surface area (Å²) >= 11 is 0. The summed E-state index contributed by atoms with van der Waals surface area (Å²) in [6, 6.07) is 17.6. The van der Waals surface area contributed by atoms with Gasteiger partial charge in [-0.2, -0.15) is 0 Å². The molecule has 2 aromatic heterocycles. The van der Waals surface area contributed by atoms with Crippen LogP contribution in [0.5, 0.6) is 5.75 Å². The highest BCUT2D eigenvalue weighted by atomic mass is 16.5. The molecule has 9 nitrogen and oxygen atoms in total. The van der Waals surface area contributed by atoms with Gasteiger partial charge in [0.2, 0.25) is 5.91 Å². The summed E-state index contributed by atoms with van der Waals surface area (Å²) in [5, 5.41) is 0. The molecule has 2 aromatic carbocycles. The summed E-state index contributed by atoms with van der Waals surface area (Å²) in [5.74, 6) is 0.607. The van der Waals surface area contributed by atoms with Gasteiger partial charge >= 0.3 is 5.69 Å². The number of imidazole rings is 1. The van der Waals surface area contributed by atoms with Crippen LogP contribution >= 0.6 is 0 Å². The summed E-state index contributed by atoms with van der Waals surface area (Å²) in [4.78, 5) is 43.7. The predicted octanol–water partition coefficient (Wildman–Crippen LogP) is 2.06. The molecule has 0 unspecified atom stereocenters. The van der Waals surface area contributed by atoms with E-state index in [1.165, 1.54) is 22.5 Å². The molecule has 4 rings (SSSR count). The van der Waals surface area contributed by atoms with Gasteiger partial charge in [0.1, 0.15) is 18.9 Å². The minimum Gasteiger partial charge on any atom is -0.489 e. The quantitative estimate of drug-likeness (QED) is 0.401. The maximum absolute atomic E-state index is 13.0. The van der Waals surface area contributed by atoms with E-state index in [2.05, 4.69) is 4.98 Å². The first-order chi connectivity index (χ1) is 16.4. The first kappa shape index (κ1) is 23.0. The van der Waals surface area contributed by atoms with Crippen molar-refractivity contribution in [2.45, 2.75) is 26.6 Å². The number of ether oxygens (including phenoxy) is 1. The maximum atomic E-state index is 13.0. The first-order valence-electron chi connectivity index (χ1n) is 11.0. The van der Waals surface area contributed by atoms with Crippen LogP contribution < -0.4 is 16.0 Å². The fourth-order valence-corrected chi connectivity index (χ4v) is 3.79. The number of carbonyl (C=O) groups excluding carboxylic acids is 1.